The van der Waals surface area contributed by atoms with Crippen LogP contribution in [0, 0.1) is 0 Å². The van der Waals surface area contributed by atoms with Gasteiger partial charge in [-0.3, -0.25) is 9.69 Å². The molecule has 1 aliphatic heterocycles. The van der Waals surface area contributed by atoms with Gasteiger partial charge in [0.1, 0.15) is 0 Å². The maximum Gasteiger partial charge on any atom is 0.221 e. The average molecular weight is 337 g/mol. The Hall–Kier alpha value is -2.33. The van der Waals surface area contributed by atoms with Crippen LogP contribution in [0.4, 0.5) is 5.69 Å². The first-order valence-corrected chi connectivity index (χ1v) is 8.85. The summed E-state index contributed by atoms with van der Waals surface area (Å²) in [7, 11) is 0. The van der Waals surface area contributed by atoms with E-state index in [2.05, 4.69) is 54.4 Å². The molecule has 1 aliphatic rings. The van der Waals surface area contributed by atoms with E-state index in [1.807, 2.05) is 24.3 Å². The van der Waals surface area contributed by atoms with Gasteiger partial charge >= 0.3 is 0 Å². The van der Waals surface area contributed by atoms with Crippen molar-refractivity contribution in [3.63, 3.8) is 0 Å². The standard InChI is InChI=1S/C21H27N3O/c1-21(2)13-19(15-24(21)14-17-6-4-3-5-7-17)23-18-10-8-16(9-11-18)12-20(22)25/h3-11,19,23H,12-15H2,1-2H3,(H2,22,25). The van der Waals surface area contributed by atoms with Gasteiger partial charge in [0.05, 0.1) is 6.42 Å². The summed E-state index contributed by atoms with van der Waals surface area (Å²) in [4.78, 5) is 13.5. The highest BCUT2D eigenvalue weighted by Crippen LogP contribution is 2.31. The molecule has 25 heavy (non-hydrogen) atoms. The zero-order valence-electron chi connectivity index (χ0n) is 15.0. The number of carbonyl (C=O) groups excluding carboxylic acids is 1. The first-order valence-electron chi connectivity index (χ1n) is 8.85. The summed E-state index contributed by atoms with van der Waals surface area (Å²) in [6.07, 6.45) is 1.39. The van der Waals surface area contributed by atoms with Gasteiger partial charge in [0.15, 0.2) is 0 Å². The molecule has 1 amide bonds. The molecule has 0 radical (unpaired) electrons. The molecule has 2 aromatic rings. The van der Waals surface area contributed by atoms with Crippen molar-refractivity contribution in [3.05, 3.63) is 65.7 Å². The van der Waals surface area contributed by atoms with E-state index in [1.54, 1.807) is 0 Å². The molecular weight excluding hydrogens is 310 g/mol. The van der Waals surface area contributed by atoms with Gasteiger partial charge < -0.3 is 11.1 Å². The maximum atomic E-state index is 11.0. The van der Waals surface area contributed by atoms with E-state index in [9.17, 15) is 4.79 Å². The van der Waals surface area contributed by atoms with Gasteiger partial charge in [-0.25, -0.2) is 0 Å². The lowest BCUT2D eigenvalue weighted by Gasteiger charge is -2.31. The third-order valence-corrected chi connectivity index (χ3v) is 4.96. The largest absolute Gasteiger partial charge is 0.381 e. The van der Waals surface area contributed by atoms with Crippen molar-refractivity contribution < 1.29 is 4.79 Å². The number of hydrogen-bond acceptors (Lipinski definition) is 3. The predicted molar refractivity (Wildman–Crippen MR) is 102 cm³/mol. The van der Waals surface area contributed by atoms with E-state index in [0.717, 1.165) is 30.8 Å². The van der Waals surface area contributed by atoms with E-state index < -0.39 is 0 Å². The Kier molecular flexibility index (Phi) is 5.09. The Morgan fingerprint density at radius 1 is 1.12 bits per heavy atom. The summed E-state index contributed by atoms with van der Waals surface area (Å²) in [6, 6.07) is 19.1. The van der Waals surface area contributed by atoms with Gasteiger partial charge in [0.25, 0.3) is 0 Å². The lowest BCUT2D eigenvalue weighted by atomic mass is 9.99. The fraction of sp³-hybridized carbons (Fsp3) is 0.381. The first kappa shape index (κ1) is 17.5. The van der Waals surface area contributed by atoms with Crippen LogP contribution in [0.2, 0.25) is 0 Å². The highest BCUT2D eigenvalue weighted by Gasteiger charge is 2.38. The molecule has 0 aromatic heterocycles. The van der Waals surface area contributed by atoms with Crippen LogP contribution in [-0.2, 0) is 17.8 Å². The number of rotatable bonds is 6. The third kappa shape index (κ3) is 4.60. The molecule has 4 nitrogen and oxygen atoms in total. The van der Waals surface area contributed by atoms with Crippen LogP contribution in [-0.4, -0.2) is 28.9 Å². The molecule has 1 heterocycles. The summed E-state index contributed by atoms with van der Waals surface area (Å²) in [5.74, 6) is -0.296. The van der Waals surface area contributed by atoms with Crippen molar-refractivity contribution in [2.45, 2.75) is 44.8 Å². The number of nitrogens with one attached hydrogen (secondary N) is 1. The molecule has 0 saturated carbocycles. The minimum Gasteiger partial charge on any atom is -0.381 e. The molecule has 3 N–H and O–H groups in total. The Bertz CT molecular complexity index is 710. The lowest BCUT2D eigenvalue weighted by molar-refractivity contribution is -0.117. The van der Waals surface area contributed by atoms with E-state index in [1.165, 1.54) is 5.56 Å². The average Bonchev–Trinajstić information content (AvgIpc) is 2.83. The number of primary amides is 1. The summed E-state index contributed by atoms with van der Waals surface area (Å²) < 4.78 is 0. The van der Waals surface area contributed by atoms with E-state index in [4.69, 9.17) is 5.73 Å². The van der Waals surface area contributed by atoms with Crippen molar-refractivity contribution in [1.82, 2.24) is 4.90 Å². The smallest absolute Gasteiger partial charge is 0.221 e. The molecule has 0 bridgehead atoms. The first-order chi connectivity index (χ1) is 11.9. The number of nitrogens with zero attached hydrogens (tertiary/aromatic N) is 1. The quantitative estimate of drug-likeness (QED) is 0.851. The van der Waals surface area contributed by atoms with Crippen molar-refractivity contribution >= 4 is 11.6 Å². The second-order valence-electron chi connectivity index (χ2n) is 7.56. The Morgan fingerprint density at radius 2 is 1.80 bits per heavy atom. The van der Waals surface area contributed by atoms with Crippen molar-refractivity contribution in [2.24, 2.45) is 5.73 Å². The normalized spacial score (nSPS) is 19.7. The monoisotopic (exact) mass is 337 g/mol. The Labute approximate surface area is 150 Å². The number of nitrogens with two attached hydrogens (primary N) is 1. The van der Waals surface area contributed by atoms with Crippen molar-refractivity contribution in [3.8, 4) is 0 Å². The zero-order valence-corrected chi connectivity index (χ0v) is 15.0. The molecular formula is C21H27N3O. The molecule has 0 spiro atoms. The SMILES string of the molecule is CC1(C)CC(Nc2ccc(CC(N)=O)cc2)CN1Cc1ccccc1. The van der Waals surface area contributed by atoms with Crippen LogP contribution in [0.5, 0.6) is 0 Å². The van der Waals surface area contributed by atoms with Crippen LogP contribution in [0.1, 0.15) is 31.4 Å². The predicted octanol–water partition coefficient (Wildman–Crippen LogP) is 3.18. The molecule has 4 heteroatoms. The van der Waals surface area contributed by atoms with Gasteiger partial charge in [-0.1, -0.05) is 42.5 Å². The topological polar surface area (TPSA) is 58.4 Å². The highest BCUT2D eigenvalue weighted by molar-refractivity contribution is 5.76. The number of carbonyl (C=O) groups is 1. The van der Waals surface area contributed by atoms with Crippen LogP contribution < -0.4 is 11.1 Å². The molecule has 1 saturated heterocycles. The van der Waals surface area contributed by atoms with E-state index in [0.29, 0.717) is 12.5 Å². The highest BCUT2D eigenvalue weighted by atomic mass is 16.1. The van der Waals surface area contributed by atoms with E-state index >= 15 is 0 Å². The Morgan fingerprint density at radius 3 is 2.44 bits per heavy atom. The van der Waals surface area contributed by atoms with Crippen LogP contribution in [0.15, 0.2) is 54.6 Å². The van der Waals surface area contributed by atoms with Gasteiger partial charge in [-0.05, 0) is 43.5 Å². The molecule has 132 valence electrons. The summed E-state index contributed by atoms with van der Waals surface area (Å²) in [6.45, 7) is 6.62. The number of amides is 1. The molecule has 1 unspecified atom stereocenters. The van der Waals surface area contributed by atoms with Gasteiger partial charge in [0.2, 0.25) is 5.91 Å². The summed E-state index contributed by atoms with van der Waals surface area (Å²) >= 11 is 0. The summed E-state index contributed by atoms with van der Waals surface area (Å²) in [5, 5.41) is 3.63. The summed E-state index contributed by atoms with van der Waals surface area (Å²) in [5.41, 5.74) is 8.81. The maximum absolute atomic E-state index is 11.0. The molecule has 2 aromatic carbocycles. The Balaban J connectivity index is 1.61. The molecule has 1 atom stereocenters. The van der Waals surface area contributed by atoms with E-state index in [-0.39, 0.29) is 11.4 Å². The molecule has 0 aliphatic carbocycles. The van der Waals surface area contributed by atoms with Gasteiger partial charge in [0, 0.05) is 30.4 Å². The molecule has 1 fully saturated rings. The van der Waals surface area contributed by atoms with Crippen LogP contribution in [0.3, 0.4) is 0 Å². The van der Waals surface area contributed by atoms with Crippen molar-refractivity contribution in [1.29, 1.82) is 0 Å². The van der Waals surface area contributed by atoms with Crippen LogP contribution in [0.25, 0.3) is 0 Å². The van der Waals surface area contributed by atoms with Crippen molar-refractivity contribution in [2.75, 3.05) is 11.9 Å². The molecule has 3 rings (SSSR count). The van der Waals surface area contributed by atoms with Gasteiger partial charge in [-0.15, -0.1) is 0 Å². The lowest BCUT2D eigenvalue weighted by Crippen LogP contribution is -2.37. The number of anilines is 1. The number of likely N-dealkylation sites (tertiary alicyclic amines) is 1. The second kappa shape index (κ2) is 7.28. The van der Waals surface area contributed by atoms with Crippen LogP contribution >= 0.6 is 0 Å². The fourth-order valence-electron chi connectivity index (χ4n) is 3.64. The number of benzene rings is 2. The second-order valence-corrected chi connectivity index (χ2v) is 7.56. The fourth-order valence-corrected chi connectivity index (χ4v) is 3.64. The van der Waals surface area contributed by atoms with Gasteiger partial charge in [-0.2, -0.15) is 0 Å². The zero-order chi connectivity index (χ0) is 17.9. The minimum absolute atomic E-state index is 0.166. The minimum atomic E-state index is -0.296. The third-order valence-electron chi connectivity index (χ3n) is 4.96. The number of hydrogen-bond donors (Lipinski definition) is 2.